The van der Waals surface area contributed by atoms with Gasteiger partial charge in [-0.1, -0.05) is 6.07 Å². The molecule has 20 heavy (non-hydrogen) atoms. The molecule has 6 nitrogen and oxygen atoms in total. The van der Waals surface area contributed by atoms with Gasteiger partial charge in [-0.2, -0.15) is 0 Å². The number of hydrogen-bond acceptors (Lipinski definition) is 5. The number of carbonyl (C=O) groups is 1. The van der Waals surface area contributed by atoms with Gasteiger partial charge in [-0.15, -0.1) is 0 Å². The summed E-state index contributed by atoms with van der Waals surface area (Å²) in [6, 6.07) is 5.71. The lowest BCUT2D eigenvalue weighted by Gasteiger charge is -2.34. The number of imidazole rings is 1. The van der Waals surface area contributed by atoms with Crippen molar-refractivity contribution in [2.75, 3.05) is 44.2 Å². The molecule has 6 heteroatoms. The first-order valence-corrected chi connectivity index (χ1v) is 6.84. The van der Waals surface area contributed by atoms with E-state index in [2.05, 4.69) is 14.8 Å². The third-order valence-electron chi connectivity index (χ3n) is 3.75. The fourth-order valence-corrected chi connectivity index (χ4v) is 2.67. The summed E-state index contributed by atoms with van der Waals surface area (Å²) in [5.41, 5.74) is 1.40. The SMILES string of the molecule is O=Cc1c(N2CCN(CCO)CC2)nc2ccccn12. The fourth-order valence-electron chi connectivity index (χ4n) is 2.67. The quantitative estimate of drug-likeness (QED) is 0.811. The van der Waals surface area contributed by atoms with Crippen LogP contribution in [-0.4, -0.2) is 65.0 Å². The van der Waals surface area contributed by atoms with Gasteiger partial charge in [-0.3, -0.25) is 14.1 Å². The molecule has 3 rings (SSSR count). The number of fused-ring (bicyclic) bond motifs is 1. The number of nitrogens with zero attached hydrogens (tertiary/aromatic N) is 4. The van der Waals surface area contributed by atoms with E-state index in [0.717, 1.165) is 43.9 Å². The van der Waals surface area contributed by atoms with Gasteiger partial charge in [0.1, 0.15) is 11.3 Å². The van der Waals surface area contributed by atoms with Crippen molar-refractivity contribution >= 4 is 17.8 Å². The maximum absolute atomic E-state index is 11.4. The summed E-state index contributed by atoms with van der Waals surface area (Å²) in [5.74, 6) is 0.759. The zero-order valence-electron chi connectivity index (χ0n) is 11.3. The van der Waals surface area contributed by atoms with Crippen LogP contribution in [0.4, 0.5) is 5.82 Å². The van der Waals surface area contributed by atoms with Crippen molar-refractivity contribution < 1.29 is 9.90 Å². The number of β-amino-alcohol motifs (C(OH)–C–C–N with tert-alkyl or cyclic N) is 1. The Balaban J connectivity index is 1.86. The number of aldehydes is 1. The van der Waals surface area contributed by atoms with Gasteiger partial charge in [0.15, 0.2) is 12.1 Å². The minimum absolute atomic E-state index is 0.188. The zero-order valence-corrected chi connectivity index (χ0v) is 11.3. The number of carbonyl (C=O) groups excluding carboxylic acids is 1. The van der Waals surface area contributed by atoms with E-state index >= 15 is 0 Å². The minimum Gasteiger partial charge on any atom is -0.395 e. The number of anilines is 1. The number of aliphatic hydroxyl groups is 1. The van der Waals surface area contributed by atoms with Crippen molar-refractivity contribution in [1.29, 1.82) is 0 Å². The van der Waals surface area contributed by atoms with Gasteiger partial charge in [0.25, 0.3) is 0 Å². The van der Waals surface area contributed by atoms with Crippen LogP contribution >= 0.6 is 0 Å². The Morgan fingerprint density at radius 1 is 1.25 bits per heavy atom. The molecule has 0 bridgehead atoms. The monoisotopic (exact) mass is 274 g/mol. The number of piperazine rings is 1. The minimum atomic E-state index is 0.188. The molecule has 0 aliphatic carbocycles. The van der Waals surface area contributed by atoms with E-state index in [-0.39, 0.29) is 6.61 Å². The molecule has 0 unspecified atom stereocenters. The molecule has 1 aliphatic heterocycles. The smallest absolute Gasteiger partial charge is 0.170 e. The van der Waals surface area contributed by atoms with Crippen LogP contribution in [0.2, 0.25) is 0 Å². The van der Waals surface area contributed by atoms with Crippen molar-refractivity contribution in [3.63, 3.8) is 0 Å². The largest absolute Gasteiger partial charge is 0.395 e. The number of aliphatic hydroxyl groups excluding tert-OH is 1. The lowest BCUT2D eigenvalue weighted by molar-refractivity contribution is 0.111. The number of pyridine rings is 1. The van der Waals surface area contributed by atoms with E-state index < -0.39 is 0 Å². The van der Waals surface area contributed by atoms with E-state index in [9.17, 15) is 4.79 Å². The molecule has 0 aromatic carbocycles. The second kappa shape index (κ2) is 5.60. The van der Waals surface area contributed by atoms with Gasteiger partial charge in [0, 0.05) is 38.9 Å². The Kier molecular flexibility index (Phi) is 3.66. The Hall–Kier alpha value is -1.92. The molecule has 1 fully saturated rings. The van der Waals surface area contributed by atoms with Crippen LogP contribution in [0.3, 0.4) is 0 Å². The molecule has 0 amide bonds. The number of hydrogen-bond donors (Lipinski definition) is 1. The van der Waals surface area contributed by atoms with E-state index in [1.165, 1.54) is 0 Å². The predicted octanol–water partition coefficient (Wildman–Crippen LogP) is 0.261. The highest BCUT2D eigenvalue weighted by Crippen LogP contribution is 2.21. The van der Waals surface area contributed by atoms with Crippen molar-refractivity contribution in [3.05, 3.63) is 30.1 Å². The molecule has 1 aliphatic rings. The van der Waals surface area contributed by atoms with Crippen LogP contribution in [0.15, 0.2) is 24.4 Å². The summed E-state index contributed by atoms with van der Waals surface area (Å²) < 4.78 is 1.82. The second-order valence-corrected chi connectivity index (χ2v) is 4.92. The zero-order chi connectivity index (χ0) is 13.9. The molecule has 2 aromatic heterocycles. The average Bonchev–Trinajstić information content (AvgIpc) is 2.87. The standard InChI is InChI=1S/C14H18N4O2/c19-10-9-16-5-7-17(8-6-16)14-12(11-20)18-4-2-1-3-13(18)15-14/h1-4,11,19H,5-10H2. The van der Waals surface area contributed by atoms with Gasteiger partial charge in [0.2, 0.25) is 0 Å². The summed E-state index contributed by atoms with van der Waals surface area (Å²) in [4.78, 5) is 20.3. The molecule has 106 valence electrons. The Morgan fingerprint density at radius 2 is 2.05 bits per heavy atom. The first kappa shape index (κ1) is 13.1. The molecule has 0 saturated carbocycles. The van der Waals surface area contributed by atoms with Crippen molar-refractivity contribution in [1.82, 2.24) is 14.3 Å². The van der Waals surface area contributed by atoms with E-state index in [4.69, 9.17) is 5.11 Å². The molecular weight excluding hydrogens is 256 g/mol. The maximum atomic E-state index is 11.4. The first-order valence-electron chi connectivity index (χ1n) is 6.84. The first-order chi connectivity index (χ1) is 9.83. The van der Waals surface area contributed by atoms with Crippen LogP contribution in [-0.2, 0) is 0 Å². The highest BCUT2D eigenvalue weighted by molar-refractivity contribution is 5.83. The van der Waals surface area contributed by atoms with Gasteiger partial charge >= 0.3 is 0 Å². The second-order valence-electron chi connectivity index (χ2n) is 4.92. The van der Waals surface area contributed by atoms with Crippen LogP contribution in [0.5, 0.6) is 0 Å². The molecule has 0 radical (unpaired) electrons. The highest BCUT2D eigenvalue weighted by Gasteiger charge is 2.22. The van der Waals surface area contributed by atoms with Crippen LogP contribution in [0.1, 0.15) is 10.5 Å². The molecule has 3 heterocycles. The summed E-state index contributed by atoms with van der Waals surface area (Å²) >= 11 is 0. The topological polar surface area (TPSA) is 61.1 Å². The van der Waals surface area contributed by atoms with E-state index in [1.54, 1.807) is 0 Å². The lowest BCUT2D eigenvalue weighted by Crippen LogP contribution is -2.47. The van der Waals surface area contributed by atoms with Crippen molar-refractivity contribution in [2.45, 2.75) is 0 Å². The lowest BCUT2D eigenvalue weighted by atomic mass is 10.3. The number of aromatic nitrogens is 2. The highest BCUT2D eigenvalue weighted by atomic mass is 16.3. The van der Waals surface area contributed by atoms with Crippen molar-refractivity contribution in [2.24, 2.45) is 0 Å². The summed E-state index contributed by atoms with van der Waals surface area (Å²) in [6.07, 6.45) is 2.73. The average molecular weight is 274 g/mol. The fraction of sp³-hybridized carbons (Fsp3) is 0.429. The summed E-state index contributed by atoms with van der Waals surface area (Å²) in [5, 5.41) is 8.96. The Bertz CT molecular complexity index is 602. The number of rotatable bonds is 4. The Morgan fingerprint density at radius 3 is 2.75 bits per heavy atom. The van der Waals surface area contributed by atoms with E-state index in [0.29, 0.717) is 12.2 Å². The molecule has 1 saturated heterocycles. The van der Waals surface area contributed by atoms with Crippen LogP contribution < -0.4 is 4.90 Å². The third-order valence-corrected chi connectivity index (χ3v) is 3.75. The molecule has 0 spiro atoms. The van der Waals surface area contributed by atoms with Crippen LogP contribution in [0.25, 0.3) is 5.65 Å². The van der Waals surface area contributed by atoms with Gasteiger partial charge in [-0.05, 0) is 12.1 Å². The normalized spacial score (nSPS) is 16.8. The van der Waals surface area contributed by atoms with Gasteiger partial charge < -0.3 is 10.0 Å². The predicted molar refractivity (Wildman–Crippen MR) is 76.3 cm³/mol. The molecule has 2 aromatic rings. The maximum Gasteiger partial charge on any atom is 0.170 e. The van der Waals surface area contributed by atoms with Crippen molar-refractivity contribution in [3.8, 4) is 0 Å². The molecule has 1 N–H and O–H groups in total. The summed E-state index contributed by atoms with van der Waals surface area (Å²) in [7, 11) is 0. The van der Waals surface area contributed by atoms with Crippen LogP contribution in [0, 0.1) is 0 Å². The molecule has 0 atom stereocenters. The molecular formula is C14H18N4O2. The van der Waals surface area contributed by atoms with Gasteiger partial charge in [0.05, 0.1) is 6.61 Å². The third kappa shape index (κ3) is 2.28. The Labute approximate surface area is 117 Å². The van der Waals surface area contributed by atoms with Gasteiger partial charge in [-0.25, -0.2) is 4.98 Å². The van der Waals surface area contributed by atoms with E-state index in [1.807, 2.05) is 28.8 Å². The summed E-state index contributed by atoms with van der Waals surface area (Å²) in [6.45, 7) is 4.31.